The first kappa shape index (κ1) is 14.9. The van der Waals surface area contributed by atoms with Crippen LogP contribution in [0.4, 0.5) is 0 Å². The second-order valence-corrected chi connectivity index (χ2v) is 8.42. The van der Waals surface area contributed by atoms with Crippen molar-refractivity contribution in [3.8, 4) is 0 Å². The summed E-state index contributed by atoms with van der Waals surface area (Å²) >= 11 is 0. The van der Waals surface area contributed by atoms with E-state index in [0.717, 1.165) is 45.3 Å². The fourth-order valence-electron chi connectivity index (χ4n) is 3.03. The molecule has 3 rings (SSSR count). The molecule has 1 atom stereocenters. The van der Waals surface area contributed by atoms with Crippen molar-refractivity contribution in [3.63, 3.8) is 0 Å². The molecule has 2 fully saturated rings. The van der Waals surface area contributed by atoms with Crippen molar-refractivity contribution < 1.29 is 8.42 Å². The van der Waals surface area contributed by atoms with Crippen LogP contribution in [0, 0.1) is 0 Å². The topological polar surface area (TPSA) is 53.5 Å². The largest absolute Gasteiger partial charge is 0.297 e. The molecule has 0 aromatic carbocycles. The number of sulfonamides is 1. The lowest BCUT2D eigenvalue weighted by atomic mass is 10.1. The van der Waals surface area contributed by atoms with Gasteiger partial charge in [-0.2, -0.15) is 0 Å². The first-order valence-electron chi connectivity index (χ1n) is 7.65. The van der Waals surface area contributed by atoms with Gasteiger partial charge in [-0.25, -0.2) is 12.7 Å². The van der Waals surface area contributed by atoms with Gasteiger partial charge >= 0.3 is 0 Å². The van der Waals surface area contributed by atoms with Crippen molar-refractivity contribution >= 4 is 10.0 Å². The molecule has 1 aromatic rings. The summed E-state index contributed by atoms with van der Waals surface area (Å²) in [5.74, 6) is 0. The molecule has 21 heavy (non-hydrogen) atoms. The average molecular weight is 309 g/mol. The summed E-state index contributed by atoms with van der Waals surface area (Å²) in [4.78, 5) is 6.38. The van der Waals surface area contributed by atoms with Gasteiger partial charge in [0, 0.05) is 38.6 Å². The summed E-state index contributed by atoms with van der Waals surface area (Å²) in [6.07, 6.45) is 7.30. The number of aromatic nitrogens is 1. The van der Waals surface area contributed by atoms with E-state index in [1.54, 1.807) is 23.7 Å². The van der Waals surface area contributed by atoms with Gasteiger partial charge in [-0.3, -0.25) is 9.88 Å². The molecule has 1 aliphatic carbocycles. The molecule has 0 radical (unpaired) electrons. The van der Waals surface area contributed by atoms with Crippen LogP contribution in [0.15, 0.2) is 24.5 Å². The van der Waals surface area contributed by atoms with E-state index in [9.17, 15) is 8.42 Å². The lowest BCUT2D eigenvalue weighted by Crippen LogP contribution is -2.48. The second kappa shape index (κ2) is 6.02. The predicted molar refractivity (Wildman–Crippen MR) is 82.2 cm³/mol. The Morgan fingerprint density at radius 1 is 1.29 bits per heavy atom. The highest BCUT2D eigenvalue weighted by atomic mass is 32.2. The van der Waals surface area contributed by atoms with Crippen LogP contribution in [-0.4, -0.2) is 54.0 Å². The van der Waals surface area contributed by atoms with Gasteiger partial charge in [0.2, 0.25) is 10.0 Å². The van der Waals surface area contributed by atoms with Crippen LogP contribution in [0.25, 0.3) is 0 Å². The van der Waals surface area contributed by atoms with E-state index < -0.39 is 10.0 Å². The van der Waals surface area contributed by atoms with E-state index in [2.05, 4.69) is 9.88 Å². The first-order valence-corrected chi connectivity index (χ1v) is 9.16. The molecule has 116 valence electrons. The van der Waals surface area contributed by atoms with Crippen molar-refractivity contribution in [1.82, 2.24) is 14.2 Å². The number of pyridine rings is 1. The third kappa shape index (κ3) is 3.44. The minimum atomic E-state index is -3.07. The van der Waals surface area contributed by atoms with Crippen LogP contribution in [0.5, 0.6) is 0 Å². The molecular weight excluding hydrogens is 286 g/mol. The third-order valence-electron chi connectivity index (χ3n) is 4.50. The van der Waals surface area contributed by atoms with E-state index >= 15 is 0 Å². The Morgan fingerprint density at radius 3 is 2.67 bits per heavy atom. The van der Waals surface area contributed by atoms with Crippen molar-refractivity contribution in [3.05, 3.63) is 30.1 Å². The van der Waals surface area contributed by atoms with E-state index in [4.69, 9.17) is 0 Å². The van der Waals surface area contributed by atoms with Gasteiger partial charge in [0.05, 0.1) is 5.25 Å². The monoisotopic (exact) mass is 309 g/mol. The number of piperidine rings is 1. The quantitative estimate of drug-likeness (QED) is 0.826. The maximum atomic E-state index is 12.4. The normalized spacial score (nSPS) is 24.4. The van der Waals surface area contributed by atoms with Crippen LogP contribution in [0.3, 0.4) is 0 Å². The summed E-state index contributed by atoms with van der Waals surface area (Å²) in [6.45, 7) is 2.73. The van der Waals surface area contributed by atoms with E-state index in [-0.39, 0.29) is 11.3 Å². The Morgan fingerprint density at radius 2 is 2.00 bits per heavy atom. The van der Waals surface area contributed by atoms with Crippen LogP contribution in [-0.2, 0) is 16.6 Å². The van der Waals surface area contributed by atoms with Crippen LogP contribution in [0.1, 0.15) is 31.2 Å². The molecule has 0 N–H and O–H groups in total. The summed E-state index contributed by atoms with van der Waals surface area (Å²) in [5, 5.41) is -0.113. The molecule has 0 amide bonds. The molecular formula is C15H23N3O2S. The van der Waals surface area contributed by atoms with Gasteiger partial charge in [-0.1, -0.05) is 0 Å². The highest BCUT2D eigenvalue weighted by Gasteiger charge is 2.41. The van der Waals surface area contributed by atoms with Crippen LogP contribution < -0.4 is 0 Å². The van der Waals surface area contributed by atoms with E-state index in [0.29, 0.717) is 0 Å². The van der Waals surface area contributed by atoms with Crippen LogP contribution >= 0.6 is 0 Å². The van der Waals surface area contributed by atoms with Crippen molar-refractivity contribution in [2.45, 2.75) is 43.5 Å². The average Bonchev–Trinajstić information content (AvgIpc) is 3.33. The fourth-order valence-corrected chi connectivity index (χ4v) is 4.82. The van der Waals surface area contributed by atoms with Crippen molar-refractivity contribution in [1.29, 1.82) is 0 Å². The number of hydrogen-bond donors (Lipinski definition) is 0. The molecule has 5 nitrogen and oxygen atoms in total. The molecule has 0 bridgehead atoms. The zero-order chi connectivity index (χ0) is 14.9. The number of likely N-dealkylation sites (N-methyl/N-ethyl adjacent to an activating group) is 1. The molecule has 1 saturated heterocycles. The lowest BCUT2D eigenvalue weighted by Gasteiger charge is -2.37. The lowest BCUT2D eigenvalue weighted by molar-refractivity contribution is 0.153. The minimum absolute atomic E-state index is 0.113. The highest BCUT2D eigenvalue weighted by Crippen LogP contribution is 2.32. The number of likely N-dealkylation sites (tertiary alicyclic amines) is 1. The molecule has 2 heterocycles. The SMILES string of the molecule is CN(C1CCCN(Cc2ccncc2)C1)S(=O)(=O)C1CC1. The number of rotatable bonds is 5. The Labute approximate surface area is 127 Å². The molecule has 1 aromatic heterocycles. The first-order chi connectivity index (χ1) is 10.1. The predicted octanol–water partition coefficient (Wildman–Crippen LogP) is 1.47. The number of hydrogen-bond acceptors (Lipinski definition) is 4. The van der Waals surface area contributed by atoms with Gasteiger partial charge in [0.25, 0.3) is 0 Å². The fraction of sp³-hybridized carbons (Fsp3) is 0.667. The second-order valence-electron chi connectivity index (χ2n) is 6.15. The third-order valence-corrected chi connectivity index (χ3v) is 6.91. The maximum Gasteiger partial charge on any atom is 0.217 e. The Hall–Kier alpha value is -0.980. The Balaban J connectivity index is 1.63. The summed E-state index contributed by atoms with van der Waals surface area (Å²) < 4.78 is 26.4. The van der Waals surface area contributed by atoms with Gasteiger partial charge in [0.15, 0.2) is 0 Å². The van der Waals surface area contributed by atoms with Crippen molar-refractivity contribution in [2.75, 3.05) is 20.1 Å². The minimum Gasteiger partial charge on any atom is -0.297 e. The summed E-state index contributed by atoms with van der Waals surface area (Å²) in [7, 11) is -1.31. The molecule has 1 saturated carbocycles. The van der Waals surface area contributed by atoms with Crippen LogP contribution in [0.2, 0.25) is 0 Å². The van der Waals surface area contributed by atoms with E-state index in [1.807, 2.05) is 12.1 Å². The molecule has 6 heteroatoms. The summed E-state index contributed by atoms with van der Waals surface area (Å²) in [6, 6.07) is 4.16. The van der Waals surface area contributed by atoms with E-state index in [1.165, 1.54) is 5.56 Å². The number of nitrogens with zero attached hydrogens (tertiary/aromatic N) is 3. The zero-order valence-electron chi connectivity index (χ0n) is 12.5. The smallest absolute Gasteiger partial charge is 0.217 e. The van der Waals surface area contributed by atoms with Gasteiger partial charge in [0.1, 0.15) is 0 Å². The van der Waals surface area contributed by atoms with Crippen molar-refractivity contribution in [2.24, 2.45) is 0 Å². The zero-order valence-corrected chi connectivity index (χ0v) is 13.3. The molecule has 1 unspecified atom stereocenters. The molecule has 0 spiro atoms. The van der Waals surface area contributed by atoms with Gasteiger partial charge in [-0.15, -0.1) is 0 Å². The Bertz CT molecular complexity index is 572. The maximum absolute atomic E-state index is 12.4. The molecule has 1 aliphatic heterocycles. The Kier molecular flexibility index (Phi) is 4.28. The molecule has 2 aliphatic rings. The highest BCUT2D eigenvalue weighted by molar-refractivity contribution is 7.90. The standard InChI is InChI=1S/C15H23N3O2S/c1-17(21(19,20)15-4-5-15)14-3-2-10-18(12-14)11-13-6-8-16-9-7-13/h6-9,14-15H,2-5,10-12H2,1H3. The van der Waals surface area contributed by atoms with Gasteiger partial charge in [-0.05, 0) is 49.9 Å². The van der Waals surface area contributed by atoms with Gasteiger partial charge < -0.3 is 0 Å². The summed E-state index contributed by atoms with van der Waals surface area (Å²) in [5.41, 5.74) is 1.23.